The van der Waals surface area contributed by atoms with E-state index in [0.29, 0.717) is 0 Å². The third-order valence-electron chi connectivity index (χ3n) is 5.24. The summed E-state index contributed by atoms with van der Waals surface area (Å²) in [7, 11) is 0. The van der Waals surface area contributed by atoms with Gasteiger partial charge in [-0.25, -0.2) is 0 Å². The molecule has 0 saturated carbocycles. The lowest BCUT2D eigenvalue weighted by molar-refractivity contribution is 0.194. The van der Waals surface area contributed by atoms with Crippen molar-refractivity contribution in [1.82, 2.24) is 9.80 Å². The molecule has 3 rings (SSSR count). The van der Waals surface area contributed by atoms with Gasteiger partial charge in [0.2, 0.25) is 0 Å². The van der Waals surface area contributed by atoms with Crippen molar-refractivity contribution in [3.63, 3.8) is 0 Å². The van der Waals surface area contributed by atoms with E-state index in [0.717, 1.165) is 44.8 Å². The number of aliphatic hydroxyl groups excluding tert-OH is 1. The lowest BCUT2D eigenvalue weighted by Gasteiger charge is -2.23. The fraction of sp³-hybridized carbons (Fsp3) is 0.455. The Labute approximate surface area is 151 Å². The first-order valence-corrected chi connectivity index (χ1v) is 9.38. The molecule has 25 heavy (non-hydrogen) atoms. The average molecular weight is 338 g/mol. The van der Waals surface area contributed by atoms with Crippen LogP contribution in [-0.4, -0.2) is 41.1 Å². The molecule has 0 aromatic heterocycles. The van der Waals surface area contributed by atoms with E-state index in [1.165, 1.54) is 23.1 Å². The minimum Gasteiger partial charge on any atom is -0.389 e. The lowest BCUT2D eigenvalue weighted by Crippen LogP contribution is -2.30. The Balaban J connectivity index is 1.60. The lowest BCUT2D eigenvalue weighted by atomic mass is 10.0. The molecular weight excluding hydrogens is 308 g/mol. The van der Waals surface area contributed by atoms with Crippen molar-refractivity contribution in [1.29, 1.82) is 0 Å². The Bertz CT molecular complexity index is 683. The molecule has 1 fully saturated rings. The second kappa shape index (κ2) is 8.61. The van der Waals surface area contributed by atoms with E-state index in [9.17, 15) is 5.11 Å². The van der Waals surface area contributed by atoms with Crippen LogP contribution in [0.4, 0.5) is 0 Å². The quantitative estimate of drug-likeness (QED) is 0.899. The van der Waals surface area contributed by atoms with Crippen molar-refractivity contribution in [2.24, 2.45) is 0 Å². The molecule has 0 bridgehead atoms. The van der Waals surface area contributed by atoms with Crippen LogP contribution in [0.5, 0.6) is 0 Å². The number of aryl methyl sites for hydroxylation is 1. The Kier molecular flexibility index (Phi) is 6.24. The summed E-state index contributed by atoms with van der Waals surface area (Å²) in [5.74, 6) is 0. The number of nitrogens with zero attached hydrogens (tertiary/aromatic N) is 2. The Hall–Kier alpha value is -1.68. The molecule has 3 heteroatoms. The van der Waals surface area contributed by atoms with Crippen LogP contribution < -0.4 is 0 Å². The van der Waals surface area contributed by atoms with Gasteiger partial charge in [0.1, 0.15) is 0 Å². The fourth-order valence-electron chi connectivity index (χ4n) is 3.70. The van der Waals surface area contributed by atoms with Gasteiger partial charge in [-0.1, -0.05) is 48.5 Å². The molecule has 0 radical (unpaired) electrons. The number of aliphatic hydroxyl groups is 1. The van der Waals surface area contributed by atoms with Crippen LogP contribution in [0.1, 0.15) is 41.7 Å². The normalized spacial score (nSPS) is 18.0. The molecule has 3 nitrogen and oxygen atoms in total. The standard InChI is InChI=1S/C22H30N2O/c1-18-8-3-4-9-20(18)16-23-12-7-13-24(15-14-23)17-21-10-5-6-11-22(21)19(2)25/h3-6,8-11,19,25H,7,12-17H2,1-2H3. The molecule has 1 aliphatic rings. The summed E-state index contributed by atoms with van der Waals surface area (Å²) in [5, 5.41) is 9.99. The van der Waals surface area contributed by atoms with Gasteiger partial charge in [0.15, 0.2) is 0 Å². The predicted molar refractivity (Wildman–Crippen MR) is 103 cm³/mol. The van der Waals surface area contributed by atoms with Crippen LogP contribution in [0.3, 0.4) is 0 Å². The van der Waals surface area contributed by atoms with E-state index >= 15 is 0 Å². The van der Waals surface area contributed by atoms with Crippen molar-refractivity contribution >= 4 is 0 Å². The van der Waals surface area contributed by atoms with Gasteiger partial charge in [-0.15, -0.1) is 0 Å². The highest BCUT2D eigenvalue weighted by Crippen LogP contribution is 2.20. The van der Waals surface area contributed by atoms with Gasteiger partial charge < -0.3 is 5.11 Å². The molecule has 1 aliphatic heterocycles. The third kappa shape index (κ3) is 4.91. The van der Waals surface area contributed by atoms with Gasteiger partial charge in [-0.3, -0.25) is 9.80 Å². The first-order chi connectivity index (χ1) is 12.1. The van der Waals surface area contributed by atoms with Crippen LogP contribution in [-0.2, 0) is 13.1 Å². The van der Waals surface area contributed by atoms with Gasteiger partial charge in [0.05, 0.1) is 6.10 Å². The molecule has 2 aromatic carbocycles. The maximum atomic E-state index is 9.99. The SMILES string of the molecule is Cc1ccccc1CN1CCCN(Cc2ccccc2C(C)O)CC1. The van der Waals surface area contributed by atoms with E-state index in [4.69, 9.17) is 0 Å². The monoisotopic (exact) mass is 338 g/mol. The molecule has 0 aliphatic carbocycles. The van der Waals surface area contributed by atoms with Crippen LogP contribution in [0, 0.1) is 6.92 Å². The summed E-state index contributed by atoms with van der Waals surface area (Å²) < 4.78 is 0. The van der Waals surface area contributed by atoms with Gasteiger partial charge in [0.25, 0.3) is 0 Å². The highest BCUT2D eigenvalue weighted by Gasteiger charge is 2.17. The van der Waals surface area contributed by atoms with E-state index in [1.807, 2.05) is 19.1 Å². The van der Waals surface area contributed by atoms with Gasteiger partial charge in [-0.2, -0.15) is 0 Å². The molecule has 1 atom stereocenters. The molecule has 1 heterocycles. The highest BCUT2D eigenvalue weighted by atomic mass is 16.3. The number of benzene rings is 2. The van der Waals surface area contributed by atoms with Gasteiger partial charge >= 0.3 is 0 Å². The van der Waals surface area contributed by atoms with Crippen LogP contribution >= 0.6 is 0 Å². The number of hydrogen-bond donors (Lipinski definition) is 1. The summed E-state index contributed by atoms with van der Waals surface area (Å²) >= 11 is 0. The fourth-order valence-corrected chi connectivity index (χ4v) is 3.70. The predicted octanol–water partition coefficient (Wildman–Crippen LogP) is 3.76. The maximum Gasteiger partial charge on any atom is 0.0765 e. The largest absolute Gasteiger partial charge is 0.389 e. The zero-order valence-electron chi connectivity index (χ0n) is 15.5. The van der Waals surface area contributed by atoms with Crippen molar-refractivity contribution in [3.05, 3.63) is 70.8 Å². The molecule has 1 unspecified atom stereocenters. The van der Waals surface area contributed by atoms with Crippen molar-refractivity contribution < 1.29 is 5.11 Å². The van der Waals surface area contributed by atoms with Crippen LogP contribution in [0.15, 0.2) is 48.5 Å². The van der Waals surface area contributed by atoms with Crippen molar-refractivity contribution in [2.75, 3.05) is 26.2 Å². The van der Waals surface area contributed by atoms with E-state index in [1.54, 1.807) is 0 Å². The zero-order chi connectivity index (χ0) is 17.6. The van der Waals surface area contributed by atoms with Crippen LogP contribution in [0.2, 0.25) is 0 Å². The Morgan fingerprint density at radius 2 is 1.40 bits per heavy atom. The molecular formula is C22H30N2O. The van der Waals surface area contributed by atoms with E-state index in [2.05, 4.69) is 53.1 Å². The summed E-state index contributed by atoms with van der Waals surface area (Å²) in [5.41, 5.74) is 5.14. The molecule has 0 spiro atoms. The average Bonchev–Trinajstić information content (AvgIpc) is 2.83. The molecule has 1 saturated heterocycles. The molecule has 1 N–H and O–H groups in total. The highest BCUT2D eigenvalue weighted by molar-refractivity contribution is 5.29. The molecule has 0 amide bonds. The summed E-state index contributed by atoms with van der Waals surface area (Å²) in [6.07, 6.45) is 0.795. The minimum atomic E-state index is -0.402. The van der Waals surface area contributed by atoms with Crippen molar-refractivity contribution in [3.8, 4) is 0 Å². The van der Waals surface area contributed by atoms with Gasteiger partial charge in [0, 0.05) is 26.2 Å². The topological polar surface area (TPSA) is 26.7 Å². The number of hydrogen-bond acceptors (Lipinski definition) is 3. The molecule has 2 aromatic rings. The Morgan fingerprint density at radius 3 is 2.04 bits per heavy atom. The third-order valence-corrected chi connectivity index (χ3v) is 5.24. The van der Waals surface area contributed by atoms with E-state index < -0.39 is 6.10 Å². The first-order valence-electron chi connectivity index (χ1n) is 9.38. The van der Waals surface area contributed by atoms with Crippen molar-refractivity contribution in [2.45, 2.75) is 39.5 Å². The first kappa shape index (κ1) is 18.1. The summed E-state index contributed by atoms with van der Waals surface area (Å²) in [6.45, 7) is 10.5. The zero-order valence-corrected chi connectivity index (χ0v) is 15.5. The number of rotatable bonds is 5. The van der Waals surface area contributed by atoms with Gasteiger partial charge in [-0.05, 0) is 55.6 Å². The van der Waals surface area contributed by atoms with E-state index in [-0.39, 0.29) is 0 Å². The smallest absolute Gasteiger partial charge is 0.0765 e. The second-order valence-electron chi connectivity index (χ2n) is 7.21. The summed E-state index contributed by atoms with van der Waals surface area (Å²) in [6, 6.07) is 17.0. The molecule has 134 valence electrons. The maximum absolute atomic E-state index is 9.99. The second-order valence-corrected chi connectivity index (χ2v) is 7.21. The Morgan fingerprint density at radius 1 is 0.840 bits per heavy atom. The minimum absolute atomic E-state index is 0.402. The summed E-state index contributed by atoms with van der Waals surface area (Å²) in [4.78, 5) is 5.10. The van der Waals surface area contributed by atoms with Crippen LogP contribution in [0.25, 0.3) is 0 Å².